The van der Waals surface area contributed by atoms with Crippen molar-refractivity contribution < 1.29 is 19.1 Å². The van der Waals surface area contributed by atoms with Crippen molar-refractivity contribution in [3.05, 3.63) is 47.5 Å². The molecule has 0 radical (unpaired) electrons. The van der Waals surface area contributed by atoms with Gasteiger partial charge in [0.2, 0.25) is 0 Å². The highest BCUT2D eigenvalue weighted by atomic mass is 16.5. The molecule has 1 aromatic carbocycles. The fourth-order valence-corrected chi connectivity index (χ4v) is 2.13. The zero-order valence-corrected chi connectivity index (χ0v) is 9.33. The van der Waals surface area contributed by atoms with Crippen LogP contribution in [-0.4, -0.2) is 35.3 Å². The SMILES string of the molecule is O=C1C=CC(N2C(=O)c3ccccc3C2=O)CO1. The number of esters is 1. The van der Waals surface area contributed by atoms with Crippen LogP contribution in [0.25, 0.3) is 0 Å². The normalized spacial score (nSPS) is 22.1. The van der Waals surface area contributed by atoms with Crippen LogP contribution < -0.4 is 0 Å². The number of carbonyl (C=O) groups is 3. The molecule has 5 nitrogen and oxygen atoms in total. The van der Waals surface area contributed by atoms with Crippen LogP contribution in [0.15, 0.2) is 36.4 Å². The van der Waals surface area contributed by atoms with Gasteiger partial charge in [-0.2, -0.15) is 0 Å². The van der Waals surface area contributed by atoms with Crippen molar-refractivity contribution in [3.8, 4) is 0 Å². The molecule has 1 aromatic rings. The summed E-state index contributed by atoms with van der Waals surface area (Å²) in [4.78, 5) is 36.3. The highest BCUT2D eigenvalue weighted by Crippen LogP contribution is 2.25. The lowest BCUT2D eigenvalue weighted by Gasteiger charge is -2.24. The van der Waals surface area contributed by atoms with Gasteiger partial charge in [-0.05, 0) is 12.1 Å². The largest absolute Gasteiger partial charge is 0.460 e. The predicted octanol–water partition coefficient (Wildman–Crippen LogP) is 0.764. The van der Waals surface area contributed by atoms with E-state index in [4.69, 9.17) is 4.74 Å². The molecule has 2 heterocycles. The fraction of sp³-hybridized carbons (Fsp3) is 0.154. The van der Waals surface area contributed by atoms with Gasteiger partial charge in [0.05, 0.1) is 17.2 Å². The molecule has 0 N–H and O–H groups in total. The number of fused-ring (bicyclic) bond motifs is 1. The molecule has 2 aliphatic rings. The van der Waals surface area contributed by atoms with Crippen LogP contribution in [0.3, 0.4) is 0 Å². The van der Waals surface area contributed by atoms with E-state index in [2.05, 4.69) is 0 Å². The summed E-state index contributed by atoms with van der Waals surface area (Å²) in [5.74, 6) is -1.14. The van der Waals surface area contributed by atoms with E-state index in [-0.39, 0.29) is 18.4 Å². The fourth-order valence-electron chi connectivity index (χ4n) is 2.13. The van der Waals surface area contributed by atoms with E-state index in [0.29, 0.717) is 11.1 Å². The Balaban J connectivity index is 1.97. The van der Waals surface area contributed by atoms with Gasteiger partial charge in [0.1, 0.15) is 6.61 Å². The second-order valence-corrected chi connectivity index (χ2v) is 4.08. The maximum Gasteiger partial charge on any atom is 0.330 e. The second kappa shape index (κ2) is 3.80. The highest BCUT2D eigenvalue weighted by molar-refractivity contribution is 6.21. The molecule has 2 amide bonds. The first-order chi connectivity index (χ1) is 8.68. The van der Waals surface area contributed by atoms with Crippen molar-refractivity contribution in [2.45, 2.75) is 6.04 Å². The minimum atomic E-state index is -0.518. The third-order valence-electron chi connectivity index (χ3n) is 3.01. The lowest BCUT2D eigenvalue weighted by molar-refractivity contribution is -0.139. The van der Waals surface area contributed by atoms with Crippen molar-refractivity contribution in [2.75, 3.05) is 6.61 Å². The number of hydrogen-bond donors (Lipinski definition) is 0. The van der Waals surface area contributed by atoms with E-state index in [1.807, 2.05) is 0 Å². The maximum atomic E-state index is 12.1. The Morgan fingerprint density at radius 3 is 2.17 bits per heavy atom. The molecule has 0 saturated carbocycles. The Morgan fingerprint density at radius 2 is 1.67 bits per heavy atom. The first-order valence-electron chi connectivity index (χ1n) is 5.50. The van der Waals surface area contributed by atoms with Crippen LogP contribution >= 0.6 is 0 Å². The maximum absolute atomic E-state index is 12.1. The first kappa shape index (κ1) is 10.7. The van der Waals surface area contributed by atoms with Crippen LogP contribution in [0.4, 0.5) is 0 Å². The molecule has 0 saturated heterocycles. The molecular weight excluding hydrogens is 234 g/mol. The van der Waals surface area contributed by atoms with Gasteiger partial charge in [-0.25, -0.2) is 4.79 Å². The number of cyclic esters (lactones) is 1. The molecule has 0 aliphatic carbocycles. The molecule has 18 heavy (non-hydrogen) atoms. The molecule has 0 aromatic heterocycles. The van der Waals surface area contributed by atoms with Gasteiger partial charge < -0.3 is 4.74 Å². The van der Waals surface area contributed by atoms with E-state index < -0.39 is 12.0 Å². The number of hydrogen-bond acceptors (Lipinski definition) is 4. The molecule has 0 bridgehead atoms. The lowest BCUT2D eigenvalue weighted by Crippen LogP contribution is -2.43. The number of carbonyl (C=O) groups excluding carboxylic acids is 3. The van der Waals surface area contributed by atoms with Gasteiger partial charge >= 0.3 is 5.97 Å². The molecule has 1 unspecified atom stereocenters. The first-order valence-corrected chi connectivity index (χ1v) is 5.50. The van der Waals surface area contributed by atoms with Crippen LogP contribution in [0.1, 0.15) is 20.7 Å². The zero-order chi connectivity index (χ0) is 12.7. The van der Waals surface area contributed by atoms with Crippen LogP contribution in [0.2, 0.25) is 0 Å². The summed E-state index contributed by atoms with van der Waals surface area (Å²) < 4.78 is 4.83. The predicted molar refractivity (Wildman–Crippen MR) is 60.8 cm³/mol. The highest BCUT2D eigenvalue weighted by Gasteiger charge is 2.39. The summed E-state index contributed by atoms with van der Waals surface area (Å²) in [6, 6.07) is 6.14. The van der Waals surface area contributed by atoms with E-state index in [9.17, 15) is 14.4 Å². The van der Waals surface area contributed by atoms with E-state index in [1.165, 1.54) is 12.2 Å². The minimum absolute atomic E-state index is 0.0147. The number of benzene rings is 1. The van der Waals surface area contributed by atoms with E-state index in [0.717, 1.165) is 4.90 Å². The van der Waals surface area contributed by atoms with Crippen molar-refractivity contribution in [2.24, 2.45) is 0 Å². The van der Waals surface area contributed by atoms with Crippen molar-refractivity contribution in [1.29, 1.82) is 0 Å². The van der Waals surface area contributed by atoms with Gasteiger partial charge in [-0.3, -0.25) is 14.5 Å². The molecule has 0 spiro atoms. The summed E-state index contributed by atoms with van der Waals surface area (Å²) in [5.41, 5.74) is 0.792. The Labute approximate surface area is 103 Å². The van der Waals surface area contributed by atoms with Crippen molar-refractivity contribution in [1.82, 2.24) is 4.90 Å². The van der Waals surface area contributed by atoms with Gasteiger partial charge in [0.15, 0.2) is 0 Å². The Hall–Kier alpha value is -2.43. The van der Waals surface area contributed by atoms with Gasteiger partial charge in [0, 0.05) is 6.08 Å². The van der Waals surface area contributed by atoms with Gasteiger partial charge in [-0.15, -0.1) is 0 Å². The third kappa shape index (κ3) is 1.44. The Kier molecular flexibility index (Phi) is 2.26. The summed E-state index contributed by atoms with van der Waals surface area (Å²) in [5, 5.41) is 0. The molecule has 0 fully saturated rings. The summed E-state index contributed by atoms with van der Waals surface area (Å²) in [6.45, 7) is 0.0147. The average molecular weight is 243 g/mol. The smallest absolute Gasteiger partial charge is 0.330 e. The second-order valence-electron chi connectivity index (χ2n) is 4.08. The van der Waals surface area contributed by atoms with Gasteiger partial charge in [-0.1, -0.05) is 18.2 Å². The third-order valence-corrected chi connectivity index (χ3v) is 3.01. The standard InChI is InChI=1S/C13H9NO4/c15-11-6-5-8(7-18-11)14-12(16)9-3-1-2-4-10(9)13(14)17/h1-6,8H,7H2. The zero-order valence-electron chi connectivity index (χ0n) is 9.33. The number of imide groups is 1. The Bertz CT molecular complexity index is 555. The average Bonchev–Trinajstić information content (AvgIpc) is 2.64. The number of nitrogens with zero attached hydrogens (tertiary/aromatic N) is 1. The number of ether oxygens (including phenoxy) is 1. The van der Waals surface area contributed by atoms with Gasteiger partial charge in [0.25, 0.3) is 11.8 Å². The molecule has 90 valence electrons. The molecule has 1 atom stereocenters. The van der Waals surface area contributed by atoms with Crippen LogP contribution in [0, 0.1) is 0 Å². The summed E-state index contributed by atoms with van der Waals surface area (Å²) in [6.07, 6.45) is 2.76. The molecule has 5 heteroatoms. The van der Waals surface area contributed by atoms with Crippen molar-refractivity contribution in [3.63, 3.8) is 0 Å². The lowest BCUT2D eigenvalue weighted by atomic mass is 10.1. The Morgan fingerprint density at radius 1 is 1.06 bits per heavy atom. The van der Waals surface area contributed by atoms with E-state index >= 15 is 0 Å². The minimum Gasteiger partial charge on any atom is -0.460 e. The van der Waals surface area contributed by atoms with Crippen molar-refractivity contribution >= 4 is 17.8 Å². The summed E-state index contributed by atoms with van der Waals surface area (Å²) in [7, 11) is 0. The summed E-state index contributed by atoms with van der Waals surface area (Å²) >= 11 is 0. The van der Waals surface area contributed by atoms with Crippen LogP contribution in [-0.2, 0) is 9.53 Å². The number of amides is 2. The topological polar surface area (TPSA) is 63.7 Å². The molecule has 2 aliphatic heterocycles. The monoisotopic (exact) mass is 243 g/mol. The quantitative estimate of drug-likeness (QED) is 0.539. The molecule has 3 rings (SSSR count). The molecular formula is C13H9NO4. The number of rotatable bonds is 1. The van der Waals surface area contributed by atoms with E-state index in [1.54, 1.807) is 24.3 Å². The van der Waals surface area contributed by atoms with Crippen LogP contribution in [0.5, 0.6) is 0 Å².